The van der Waals surface area contributed by atoms with E-state index in [1.165, 1.54) is 0 Å². The Kier molecular flexibility index (Phi) is 6.48. The van der Waals surface area contributed by atoms with Crippen molar-refractivity contribution in [2.24, 2.45) is 5.92 Å². The van der Waals surface area contributed by atoms with Gasteiger partial charge in [0.25, 0.3) is 0 Å². The van der Waals surface area contributed by atoms with Gasteiger partial charge in [0.05, 0.1) is 49.9 Å². The Hall–Kier alpha value is -3.20. The minimum Gasteiger partial charge on any atom is -0.489 e. The third kappa shape index (κ3) is 4.64. The molecular weight excluding hydrogens is 458 g/mol. The summed E-state index contributed by atoms with van der Waals surface area (Å²) in [5, 5.41) is 0.836. The number of nitrogens with zero attached hydrogens (tertiary/aromatic N) is 5. The number of rotatable bonds is 6. The van der Waals surface area contributed by atoms with Crippen molar-refractivity contribution in [1.29, 1.82) is 0 Å². The molecule has 4 heterocycles. The predicted molar refractivity (Wildman–Crippen MR) is 135 cm³/mol. The van der Waals surface area contributed by atoms with Crippen molar-refractivity contribution in [3.63, 3.8) is 0 Å². The average molecular weight is 492 g/mol. The van der Waals surface area contributed by atoms with Gasteiger partial charge in [0.15, 0.2) is 5.75 Å². The van der Waals surface area contributed by atoms with E-state index in [9.17, 15) is 0 Å². The molecule has 3 aliphatic rings. The van der Waals surface area contributed by atoms with Gasteiger partial charge in [-0.25, -0.2) is 19.9 Å². The Labute approximate surface area is 211 Å². The van der Waals surface area contributed by atoms with Crippen molar-refractivity contribution >= 4 is 16.6 Å². The fourth-order valence-corrected chi connectivity index (χ4v) is 5.68. The number of methoxy groups -OCH3 is 1. The first kappa shape index (κ1) is 23.2. The van der Waals surface area contributed by atoms with Crippen molar-refractivity contribution in [2.75, 3.05) is 44.9 Å². The van der Waals surface area contributed by atoms with E-state index < -0.39 is 0 Å². The lowest BCUT2D eigenvalue weighted by atomic mass is 9.84. The van der Waals surface area contributed by atoms with Crippen LogP contribution in [0.1, 0.15) is 42.9 Å². The molecule has 190 valence electrons. The van der Waals surface area contributed by atoms with Crippen LogP contribution in [0.25, 0.3) is 10.9 Å². The monoisotopic (exact) mass is 491 g/mol. The average Bonchev–Trinajstić information content (AvgIpc) is 3.38. The van der Waals surface area contributed by atoms with E-state index in [0.717, 1.165) is 110 Å². The number of aryl methyl sites for hydroxylation is 1. The summed E-state index contributed by atoms with van der Waals surface area (Å²) in [7, 11) is 1.64. The number of fused-ring (bicyclic) bond motifs is 2. The number of hydrogen-bond acceptors (Lipinski definition) is 9. The van der Waals surface area contributed by atoms with Gasteiger partial charge in [-0.15, -0.1) is 0 Å². The van der Waals surface area contributed by atoms with Gasteiger partial charge in [-0.1, -0.05) is 0 Å². The molecule has 2 fully saturated rings. The molecule has 1 saturated carbocycles. The van der Waals surface area contributed by atoms with Gasteiger partial charge in [-0.2, -0.15) is 0 Å². The Morgan fingerprint density at radius 2 is 1.86 bits per heavy atom. The number of aromatic nitrogens is 4. The summed E-state index contributed by atoms with van der Waals surface area (Å²) < 4.78 is 23.7. The van der Waals surface area contributed by atoms with Gasteiger partial charge in [0, 0.05) is 31.3 Å². The van der Waals surface area contributed by atoms with E-state index in [1.54, 1.807) is 13.4 Å². The number of anilines is 1. The largest absolute Gasteiger partial charge is 0.489 e. The molecule has 2 aliphatic heterocycles. The fourth-order valence-electron chi connectivity index (χ4n) is 5.68. The zero-order chi connectivity index (χ0) is 24.5. The van der Waals surface area contributed by atoms with Crippen LogP contribution in [0, 0.1) is 12.8 Å². The van der Waals surface area contributed by atoms with Crippen LogP contribution in [-0.2, 0) is 17.6 Å². The van der Waals surface area contributed by atoms with Gasteiger partial charge in [0.1, 0.15) is 23.3 Å². The molecule has 9 heteroatoms. The lowest BCUT2D eigenvalue weighted by Crippen LogP contribution is -2.36. The molecule has 0 bridgehead atoms. The molecule has 1 saturated heterocycles. The molecule has 0 radical (unpaired) electrons. The maximum Gasteiger partial charge on any atom is 0.228 e. The van der Waals surface area contributed by atoms with Gasteiger partial charge in [-0.3, -0.25) is 0 Å². The Bertz CT molecular complexity index is 1240. The molecule has 2 aromatic heterocycles. The minimum atomic E-state index is 0.142. The predicted octanol–water partition coefficient (Wildman–Crippen LogP) is 3.69. The van der Waals surface area contributed by atoms with Gasteiger partial charge >= 0.3 is 0 Å². The van der Waals surface area contributed by atoms with E-state index in [-0.39, 0.29) is 6.10 Å². The summed E-state index contributed by atoms with van der Waals surface area (Å²) in [6.07, 6.45) is 7.70. The van der Waals surface area contributed by atoms with E-state index in [2.05, 4.69) is 32.0 Å². The van der Waals surface area contributed by atoms with Crippen molar-refractivity contribution in [2.45, 2.75) is 51.6 Å². The molecule has 1 aromatic carbocycles. The molecule has 0 amide bonds. The van der Waals surface area contributed by atoms with Gasteiger partial charge in [0.2, 0.25) is 5.88 Å². The summed E-state index contributed by atoms with van der Waals surface area (Å²) >= 11 is 0. The van der Waals surface area contributed by atoms with Gasteiger partial charge < -0.3 is 23.8 Å². The van der Waals surface area contributed by atoms with E-state index in [1.807, 2.05) is 6.92 Å². The maximum atomic E-state index is 6.67. The Morgan fingerprint density at radius 3 is 2.67 bits per heavy atom. The van der Waals surface area contributed by atoms with E-state index >= 15 is 0 Å². The highest BCUT2D eigenvalue weighted by Crippen LogP contribution is 2.39. The zero-order valence-electron chi connectivity index (χ0n) is 21.0. The summed E-state index contributed by atoms with van der Waals surface area (Å²) in [6, 6.07) is 4.22. The lowest BCUT2D eigenvalue weighted by molar-refractivity contribution is 0.122. The van der Waals surface area contributed by atoms with Crippen LogP contribution in [0.4, 0.5) is 5.69 Å². The zero-order valence-corrected chi connectivity index (χ0v) is 21.0. The Morgan fingerprint density at radius 1 is 1.03 bits per heavy atom. The quantitative estimate of drug-likeness (QED) is 0.512. The Balaban J connectivity index is 1.19. The van der Waals surface area contributed by atoms with E-state index in [4.69, 9.17) is 23.9 Å². The van der Waals surface area contributed by atoms with Crippen LogP contribution in [0.15, 0.2) is 18.5 Å². The number of hydrogen-bond donors (Lipinski definition) is 0. The third-order valence-corrected chi connectivity index (χ3v) is 7.49. The molecular formula is C27H33N5O4. The highest BCUT2D eigenvalue weighted by Gasteiger charge is 2.28. The van der Waals surface area contributed by atoms with Crippen molar-refractivity contribution in [3.8, 4) is 17.4 Å². The third-order valence-electron chi connectivity index (χ3n) is 7.49. The first-order valence-electron chi connectivity index (χ1n) is 13.0. The van der Waals surface area contributed by atoms with Crippen LogP contribution in [0.3, 0.4) is 0 Å². The molecule has 0 atom stereocenters. The second-order valence-electron chi connectivity index (χ2n) is 9.88. The molecule has 1 aliphatic carbocycles. The minimum absolute atomic E-state index is 0.142. The normalized spacial score (nSPS) is 21.8. The highest BCUT2D eigenvalue weighted by molar-refractivity contribution is 5.92. The molecule has 36 heavy (non-hydrogen) atoms. The maximum absolute atomic E-state index is 6.67. The smallest absolute Gasteiger partial charge is 0.228 e. The van der Waals surface area contributed by atoms with Crippen LogP contribution in [0.2, 0.25) is 0 Å². The number of morpholine rings is 1. The van der Waals surface area contributed by atoms with E-state index in [0.29, 0.717) is 18.4 Å². The lowest BCUT2D eigenvalue weighted by Gasteiger charge is -2.31. The summed E-state index contributed by atoms with van der Waals surface area (Å²) in [4.78, 5) is 20.5. The first-order valence-corrected chi connectivity index (χ1v) is 13.0. The summed E-state index contributed by atoms with van der Waals surface area (Å²) in [6.45, 7) is 5.85. The summed E-state index contributed by atoms with van der Waals surface area (Å²) in [5.41, 5.74) is 4.08. The highest BCUT2D eigenvalue weighted by atomic mass is 16.5. The number of ether oxygens (including phenoxy) is 4. The number of benzene rings is 1. The first-order chi connectivity index (χ1) is 17.7. The fraction of sp³-hybridized carbons (Fsp3) is 0.556. The molecule has 6 rings (SSSR count). The molecule has 0 unspecified atom stereocenters. The molecule has 0 spiro atoms. The molecule has 0 N–H and O–H groups in total. The second-order valence-corrected chi connectivity index (χ2v) is 9.88. The molecule has 9 nitrogen and oxygen atoms in total. The van der Waals surface area contributed by atoms with Crippen molar-refractivity contribution < 1.29 is 18.9 Å². The van der Waals surface area contributed by atoms with Crippen molar-refractivity contribution in [1.82, 2.24) is 19.9 Å². The van der Waals surface area contributed by atoms with Crippen LogP contribution >= 0.6 is 0 Å². The SMILES string of the molecule is COc1ncnc2cc(N3CCOCC3)cc(OC3CCC(Cc4nc(C)nc5c4OCC5)CC3)c12. The summed E-state index contributed by atoms with van der Waals surface area (Å²) in [5.74, 6) is 3.69. The van der Waals surface area contributed by atoms with Crippen LogP contribution in [0.5, 0.6) is 17.4 Å². The topological polar surface area (TPSA) is 91.7 Å². The standard InChI is InChI=1S/C27H33N5O4/c1-17-30-21-7-10-35-26(21)23(31-17)13-18-3-5-20(6-4-18)36-24-15-19(32-8-11-34-12-9-32)14-22-25(24)27(33-2)29-16-28-22/h14-16,18,20H,3-13H2,1-2H3. The van der Waals surface area contributed by atoms with Gasteiger partial charge in [-0.05, 0) is 51.0 Å². The second kappa shape index (κ2) is 10.0. The molecule has 3 aromatic rings. The van der Waals surface area contributed by atoms with Crippen LogP contribution in [-0.4, -0.2) is 66.1 Å². The van der Waals surface area contributed by atoms with Crippen LogP contribution < -0.4 is 19.1 Å². The van der Waals surface area contributed by atoms with Crippen molar-refractivity contribution in [3.05, 3.63) is 35.7 Å².